The number of carboxylic acid groups (broad SMARTS) is 1. The Bertz CT molecular complexity index is 4080. The molecule has 0 bridgehead atoms. The topological polar surface area (TPSA) is 269 Å². The molecule has 0 spiro atoms. The lowest BCUT2D eigenvalue weighted by atomic mass is 9.82. The number of hydrogen-bond donors (Lipinski definition) is 3. The molecule has 6 aliphatic rings. The van der Waals surface area contributed by atoms with E-state index >= 15 is 0 Å². The molecular weight excluding hydrogens is 1500 g/mol. The predicted octanol–water partition coefficient (Wildman–Crippen LogP) is 15.6. The lowest BCUT2D eigenvalue weighted by molar-refractivity contribution is -0.125. The van der Waals surface area contributed by atoms with Gasteiger partial charge in [0.25, 0.3) is 0 Å². The summed E-state index contributed by atoms with van der Waals surface area (Å²) in [5.74, 6) is -0.977. The summed E-state index contributed by atoms with van der Waals surface area (Å²) in [5.41, 5.74) is 11.1. The van der Waals surface area contributed by atoms with Gasteiger partial charge in [0.2, 0.25) is 11.8 Å². The second-order valence-electron chi connectivity index (χ2n) is 25.8. The molecule has 14 rings (SSSR count). The van der Waals surface area contributed by atoms with Crippen molar-refractivity contribution < 1.29 is 86.0 Å². The van der Waals surface area contributed by atoms with E-state index in [9.17, 15) is 33.9 Å². The Balaban J connectivity index is 0.000000150. The fourth-order valence-corrected chi connectivity index (χ4v) is 17.4. The average Bonchev–Trinajstić information content (AvgIpc) is 1.63. The van der Waals surface area contributed by atoms with E-state index in [0.717, 1.165) is 103 Å². The molecule has 2 saturated carbocycles. The number of ether oxygens (including phenoxy) is 11. The van der Waals surface area contributed by atoms with Crippen LogP contribution in [0.15, 0.2) is 150 Å². The number of amides is 2. The van der Waals surface area contributed by atoms with Crippen LogP contribution < -0.4 is 20.9 Å². The predicted molar refractivity (Wildman–Crippen MR) is 415 cm³/mol. The van der Waals surface area contributed by atoms with Crippen LogP contribution in [0.3, 0.4) is 0 Å². The van der Waals surface area contributed by atoms with Crippen LogP contribution in [0.5, 0.6) is 0 Å². The number of methoxy groups -OCH3 is 3. The van der Waals surface area contributed by atoms with Crippen molar-refractivity contribution in [2.75, 3.05) is 116 Å². The van der Waals surface area contributed by atoms with Gasteiger partial charge < -0.3 is 78.1 Å². The first kappa shape index (κ1) is 80.9. The normalized spacial score (nSPS) is 19.3. The first-order valence-corrected chi connectivity index (χ1v) is 39.4. The van der Waals surface area contributed by atoms with Gasteiger partial charge in [-0.3, -0.25) is 9.59 Å². The number of benzene rings is 4. The van der Waals surface area contributed by atoms with Crippen LogP contribution >= 0.6 is 61.3 Å². The molecular formula is C79H91BrN4O18S4. The minimum atomic E-state index is -1.03. The first-order valence-electron chi connectivity index (χ1n) is 35.4. The highest BCUT2D eigenvalue weighted by atomic mass is 79.9. The summed E-state index contributed by atoms with van der Waals surface area (Å²) in [5, 5.41) is 13.1. The molecule has 106 heavy (non-hydrogen) atoms. The molecule has 0 radical (unpaired) electrons. The van der Waals surface area contributed by atoms with Gasteiger partial charge in [0.1, 0.15) is 26.3 Å². The standard InChI is InChI=1S/C24H29NO5S.C23H27NO5S.C16H17NO4S.C12H9BrO2S.C4H9NO2/c1-16-8-10-18(11-9-16)23(26)25(15-21-29-12-13-30-21)19-14-20(17-6-4-3-5-7-17)31-22(19)24(27)28-2;1-15-7-9-17(10-8-15)22(25)24(14-20-28-11-12-29-20)18-13-19(30-21(18)23(26)27)16-5-3-2-4-6-16;1-19-16(18)15-12(17-10-14-20-7-8-21-14)9-13(22-15)11-5-3-2-4-6-11;1-15-12(14)11-9(13)7-10(16-11)8-5-3-2-4-6-8;5-1-4-2-6-3-7-4/h3-7,14,16,18,21H,8-13,15H2,1-2H3;2-6,13,15,17,20H,7-12,14H2,1H3,(H,26,27);2-6,9,14,17H,7-8,10H2,1H3;2-7H,1H3;4H,1-3,5H2. The van der Waals surface area contributed by atoms with Crippen LogP contribution in [0, 0.1) is 23.7 Å². The van der Waals surface area contributed by atoms with Crippen molar-refractivity contribution in [2.24, 2.45) is 29.4 Å². The zero-order chi connectivity index (χ0) is 74.9. The minimum Gasteiger partial charge on any atom is -0.477 e. The Morgan fingerprint density at radius 2 is 0.840 bits per heavy atom. The number of carboxylic acids is 1. The highest BCUT2D eigenvalue weighted by Crippen LogP contribution is 2.43. The third-order valence-corrected chi connectivity index (χ3v) is 23.9. The number of nitrogens with two attached hydrogens (primary N) is 1. The summed E-state index contributed by atoms with van der Waals surface area (Å²) in [6.45, 7) is 10.3. The minimum absolute atomic E-state index is 0.0269. The first-order chi connectivity index (χ1) is 51.5. The number of nitrogens with zero attached hydrogens (tertiary/aromatic N) is 2. The van der Waals surface area contributed by atoms with Crippen LogP contribution in [0.2, 0.25) is 0 Å². The van der Waals surface area contributed by atoms with Gasteiger partial charge in [0.15, 0.2) is 18.9 Å². The molecule has 4 N–H and O–H groups in total. The zero-order valence-electron chi connectivity index (χ0n) is 60.0. The average molecular weight is 1590 g/mol. The smallest absolute Gasteiger partial charge is 0.350 e. The van der Waals surface area contributed by atoms with E-state index in [1.54, 1.807) is 9.80 Å². The largest absolute Gasteiger partial charge is 0.477 e. The number of aromatic carboxylic acids is 1. The molecule has 27 heteroatoms. The van der Waals surface area contributed by atoms with Crippen molar-refractivity contribution in [2.45, 2.75) is 90.2 Å². The summed E-state index contributed by atoms with van der Waals surface area (Å²) in [6.07, 6.45) is 6.39. The second-order valence-corrected chi connectivity index (χ2v) is 30.8. The summed E-state index contributed by atoms with van der Waals surface area (Å²) < 4.78 is 58.5. The molecule has 566 valence electrons. The van der Waals surface area contributed by atoms with E-state index in [-0.39, 0.29) is 65.9 Å². The maximum Gasteiger partial charge on any atom is 0.350 e. The number of carbonyl (C=O) groups excluding carboxylic acids is 5. The number of esters is 3. The number of carbonyl (C=O) groups is 6. The zero-order valence-corrected chi connectivity index (χ0v) is 64.8. The monoisotopic (exact) mass is 1590 g/mol. The van der Waals surface area contributed by atoms with Gasteiger partial charge in [-0.2, -0.15) is 0 Å². The van der Waals surface area contributed by atoms with E-state index in [2.05, 4.69) is 35.1 Å². The summed E-state index contributed by atoms with van der Waals surface area (Å²) >= 11 is 8.74. The van der Waals surface area contributed by atoms with Gasteiger partial charge in [-0.25, -0.2) is 19.2 Å². The van der Waals surface area contributed by atoms with Gasteiger partial charge in [-0.15, -0.1) is 45.3 Å². The second kappa shape index (κ2) is 41.1. The fraction of sp³-hybridized carbons (Fsp3) is 0.418. The Hall–Kier alpha value is -7.58. The van der Waals surface area contributed by atoms with Gasteiger partial charge in [-0.1, -0.05) is 135 Å². The molecule has 2 aliphatic carbocycles. The third-order valence-electron chi connectivity index (χ3n) is 18.4. The number of nitrogens with one attached hydrogen (secondary N) is 1. The van der Waals surface area contributed by atoms with Crippen LogP contribution in [0.25, 0.3) is 41.8 Å². The van der Waals surface area contributed by atoms with Crippen molar-refractivity contribution in [3.05, 3.63) is 170 Å². The molecule has 4 aromatic carbocycles. The summed E-state index contributed by atoms with van der Waals surface area (Å²) in [6, 6.07) is 47.0. The Morgan fingerprint density at radius 1 is 0.481 bits per heavy atom. The highest BCUT2D eigenvalue weighted by molar-refractivity contribution is 9.10. The summed E-state index contributed by atoms with van der Waals surface area (Å²) in [4.78, 5) is 84.2. The molecule has 4 saturated heterocycles. The molecule has 8 heterocycles. The number of anilines is 3. The number of rotatable bonds is 20. The number of thiophene rings is 4. The molecule has 4 aromatic heterocycles. The van der Waals surface area contributed by atoms with E-state index in [0.29, 0.717) is 104 Å². The van der Waals surface area contributed by atoms with Crippen molar-refractivity contribution >= 4 is 114 Å². The van der Waals surface area contributed by atoms with Crippen molar-refractivity contribution in [1.82, 2.24) is 0 Å². The molecule has 4 aliphatic heterocycles. The molecule has 1 atom stereocenters. The van der Waals surface area contributed by atoms with Crippen LogP contribution in [0.1, 0.15) is 104 Å². The van der Waals surface area contributed by atoms with Gasteiger partial charge in [0, 0.05) is 42.4 Å². The lowest BCUT2D eigenvalue weighted by Gasteiger charge is -2.32. The quantitative estimate of drug-likeness (QED) is 0.0473. The number of hydrogen-bond acceptors (Lipinski definition) is 23. The maximum atomic E-state index is 13.7. The van der Waals surface area contributed by atoms with Crippen LogP contribution in [0.4, 0.5) is 17.1 Å². The fourth-order valence-electron chi connectivity index (χ4n) is 12.5. The number of halogens is 1. The van der Waals surface area contributed by atoms with E-state index in [4.69, 9.17) is 57.8 Å². The molecule has 2 amide bonds. The van der Waals surface area contributed by atoms with Crippen LogP contribution in [-0.2, 0) is 61.7 Å². The summed E-state index contributed by atoms with van der Waals surface area (Å²) in [7, 11) is 4.14. The SMILES string of the molecule is CC1CCC(C(=O)N(CC2OCCO2)c2cc(-c3ccccc3)sc2C(=O)O)CC1.COC(=O)c1sc(-c2ccccc2)cc1Br.COC(=O)c1sc(-c2ccccc2)cc1N(CC1OCCO1)C(=O)C1CCC(C)CC1.COC(=O)c1sc(-c2ccccc2)cc1NCC1OCCO1.NCC1COCO1. The Kier molecular flexibility index (Phi) is 31.4. The Morgan fingerprint density at radius 3 is 1.23 bits per heavy atom. The highest BCUT2D eigenvalue weighted by Gasteiger charge is 2.37. The van der Waals surface area contributed by atoms with E-state index in [1.165, 1.54) is 66.7 Å². The van der Waals surface area contributed by atoms with E-state index < -0.39 is 24.5 Å². The van der Waals surface area contributed by atoms with E-state index in [1.807, 2.05) is 146 Å². The van der Waals surface area contributed by atoms with Gasteiger partial charge >= 0.3 is 23.9 Å². The van der Waals surface area contributed by atoms with Crippen LogP contribution in [-0.4, -0.2) is 166 Å². The lowest BCUT2D eigenvalue weighted by Crippen LogP contribution is -2.43. The maximum absolute atomic E-state index is 13.7. The molecule has 22 nitrogen and oxygen atoms in total. The molecule has 6 fully saturated rings. The van der Waals surface area contributed by atoms with Crippen molar-refractivity contribution in [1.29, 1.82) is 0 Å². The van der Waals surface area contributed by atoms with Crippen molar-refractivity contribution in [3.8, 4) is 41.8 Å². The molecule has 8 aromatic rings. The van der Waals surface area contributed by atoms with Gasteiger partial charge in [0.05, 0.1) is 110 Å². The van der Waals surface area contributed by atoms with Crippen molar-refractivity contribution in [3.63, 3.8) is 0 Å². The Labute approximate surface area is 642 Å². The third kappa shape index (κ3) is 22.5. The van der Waals surface area contributed by atoms with Gasteiger partial charge in [-0.05, 0) is 126 Å². The molecule has 1 unspecified atom stereocenters.